The van der Waals surface area contributed by atoms with E-state index in [4.69, 9.17) is 9.84 Å². The molecule has 1 aliphatic heterocycles. The number of benzene rings is 1. The van der Waals surface area contributed by atoms with Gasteiger partial charge in [-0.05, 0) is 53.4 Å². The molecule has 1 heterocycles. The van der Waals surface area contributed by atoms with Crippen molar-refractivity contribution in [2.24, 2.45) is 0 Å². The quantitative estimate of drug-likeness (QED) is 0.893. The minimum atomic E-state index is -1.02. The van der Waals surface area contributed by atoms with Crippen LogP contribution >= 0.6 is 15.9 Å². The second kappa shape index (κ2) is 5.71. The van der Waals surface area contributed by atoms with Crippen LogP contribution in [0.15, 0.2) is 22.7 Å². The lowest BCUT2D eigenvalue weighted by Crippen LogP contribution is -2.30. The van der Waals surface area contributed by atoms with Gasteiger partial charge in [0.05, 0.1) is 5.69 Å². The summed E-state index contributed by atoms with van der Waals surface area (Å²) >= 11 is 3.37. The summed E-state index contributed by atoms with van der Waals surface area (Å²) in [4.78, 5) is 22.7. The smallest absolute Gasteiger partial charge is 0.332 e. The molecule has 102 valence electrons. The summed E-state index contributed by atoms with van der Waals surface area (Å²) < 4.78 is 5.98. The number of anilines is 1. The third kappa shape index (κ3) is 3.33. The van der Waals surface area contributed by atoms with E-state index in [9.17, 15) is 9.59 Å². The second-order valence-corrected chi connectivity index (χ2v) is 5.36. The standard InChI is InChI=1S/C13H14BrNO4/c1-7-2-3-9(8(14)6-7)15-12(16)10-4-5-11(19-10)13(17)18/h2-3,6,10-11H,4-5H2,1H3,(H,15,16)(H,17,18). The third-order valence-electron chi connectivity index (χ3n) is 2.97. The van der Waals surface area contributed by atoms with E-state index >= 15 is 0 Å². The molecule has 1 saturated heterocycles. The Morgan fingerprint density at radius 3 is 2.63 bits per heavy atom. The molecule has 0 aliphatic carbocycles. The van der Waals surface area contributed by atoms with Gasteiger partial charge < -0.3 is 15.2 Å². The van der Waals surface area contributed by atoms with Crippen LogP contribution in [0.3, 0.4) is 0 Å². The van der Waals surface area contributed by atoms with E-state index in [1.165, 1.54) is 0 Å². The van der Waals surface area contributed by atoms with Gasteiger partial charge in [-0.3, -0.25) is 4.79 Å². The van der Waals surface area contributed by atoms with Crippen molar-refractivity contribution in [2.45, 2.75) is 32.0 Å². The minimum absolute atomic E-state index is 0.312. The zero-order valence-electron chi connectivity index (χ0n) is 10.4. The molecule has 0 spiro atoms. The van der Waals surface area contributed by atoms with Crippen molar-refractivity contribution in [3.8, 4) is 0 Å². The normalized spacial score (nSPS) is 22.2. The molecule has 1 amide bonds. The predicted molar refractivity (Wildman–Crippen MR) is 73.0 cm³/mol. The number of rotatable bonds is 3. The fraction of sp³-hybridized carbons (Fsp3) is 0.385. The lowest BCUT2D eigenvalue weighted by molar-refractivity contribution is -0.150. The molecule has 1 aromatic rings. The van der Waals surface area contributed by atoms with Gasteiger partial charge in [-0.15, -0.1) is 0 Å². The van der Waals surface area contributed by atoms with Gasteiger partial charge in [-0.1, -0.05) is 6.07 Å². The van der Waals surface area contributed by atoms with Gasteiger partial charge in [0, 0.05) is 4.47 Å². The zero-order valence-corrected chi connectivity index (χ0v) is 11.9. The number of hydrogen-bond donors (Lipinski definition) is 2. The number of ether oxygens (including phenoxy) is 1. The van der Waals surface area contributed by atoms with Crippen LogP contribution in [-0.4, -0.2) is 29.2 Å². The molecular formula is C13H14BrNO4. The van der Waals surface area contributed by atoms with Gasteiger partial charge in [0.2, 0.25) is 0 Å². The number of hydrogen-bond acceptors (Lipinski definition) is 3. The van der Waals surface area contributed by atoms with Crippen LogP contribution in [0.2, 0.25) is 0 Å². The number of carboxylic acids is 1. The van der Waals surface area contributed by atoms with E-state index in [0.717, 1.165) is 10.0 Å². The number of carbonyl (C=O) groups is 2. The first kappa shape index (κ1) is 14.0. The SMILES string of the molecule is Cc1ccc(NC(=O)C2CCC(C(=O)O)O2)c(Br)c1. The number of carboxylic acid groups (broad SMARTS) is 1. The fourth-order valence-electron chi connectivity index (χ4n) is 1.95. The Balaban J connectivity index is 2.00. The zero-order chi connectivity index (χ0) is 14.0. The first-order valence-corrected chi connectivity index (χ1v) is 6.72. The summed E-state index contributed by atoms with van der Waals surface area (Å²) in [6.45, 7) is 1.95. The van der Waals surface area contributed by atoms with Gasteiger partial charge in [-0.2, -0.15) is 0 Å². The highest BCUT2D eigenvalue weighted by atomic mass is 79.9. The maximum atomic E-state index is 12.0. The summed E-state index contributed by atoms with van der Waals surface area (Å²) in [6, 6.07) is 5.57. The van der Waals surface area contributed by atoms with Crippen molar-refractivity contribution in [1.82, 2.24) is 0 Å². The molecule has 5 nitrogen and oxygen atoms in total. The molecule has 0 aromatic heterocycles. The number of halogens is 1. The predicted octanol–water partition coefficient (Wildman–Crippen LogP) is 2.33. The van der Waals surface area contributed by atoms with Crippen molar-refractivity contribution in [3.63, 3.8) is 0 Å². The molecule has 19 heavy (non-hydrogen) atoms. The van der Waals surface area contributed by atoms with Gasteiger partial charge in [0.1, 0.15) is 6.10 Å². The second-order valence-electron chi connectivity index (χ2n) is 4.50. The van der Waals surface area contributed by atoms with E-state index in [1.807, 2.05) is 19.1 Å². The average Bonchev–Trinajstić information content (AvgIpc) is 2.82. The van der Waals surface area contributed by atoms with Crippen LogP contribution in [0, 0.1) is 6.92 Å². The molecule has 2 unspecified atom stereocenters. The lowest BCUT2D eigenvalue weighted by atomic mass is 10.2. The Hall–Kier alpha value is -1.40. The molecule has 0 bridgehead atoms. The van der Waals surface area contributed by atoms with Crippen LogP contribution in [0.4, 0.5) is 5.69 Å². The molecule has 2 N–H and O–H groups in total. The molecule has 0 radical (unpaired) electrons. The van der Waals surface area contributed by atoms with Gasteiger partial charge >= 0.3 is 5.97 Å². The molecule has 1 aromatic carbocycles. The summed E-state index contributed by atoms with van der Waals surface area (Å²) in [5, 5.41) is 11.5. The van der Waals surface area contributed by atoms with E-state index in [-0.39, 0.29) is 5.91 Å². The molecule has 2 atom stereocenters. The van der Waals surface area contributed by atoms with Crippen LogP contribution in [0.25, 0.3) is 0 Å². The molecule has 2 rings (SSSR count). The molecular weight excluding hydrogens is 314 g/mol. The Kier molecular flexibility index (Phi) is 4.21. The van der Waals surface area contributed by atoms with Gasteiger partial charge in [0.15, 0.2) is 6.10 Å². The van der Waals surface area contributed by atoms with Crippen LogP contribution in [0.5, 0.6) is 0 Å². The largest absolute Gasteiger partial charge is 0.479 e. The Bertz CT molecular complexity index is 517. The number of nitrogens with one attached hydrogen (secondary N) is 1. The van der Waals surface area contributed by atoms with Crippen LogP contribution < -0.4 is 5.32 Å². The highest BCUT2D eigenvalue weighted by Crippen LogP contribution is 2.26. The molecule has 0 saturated carbocycles. The van der Waals surface area contributed by atoms with E-state index in [2.05, 4.69) is 21.2 Å². The molecule has 1 fully saturated rings. The maximum Gasteiger partial charge on any atom is 0.332 e. The first-order valence-electron chi connectivity index (χ1n) is 5.92. The van der Waals surface area contributed by atoms with Crippen molar-refractivity contribution in [2.75, 3.05) is 5.32 Å². The maximum absolute atomic E-state index is 12.0. The third-order valence-corrected chi connectivity index (χ3v) is 3.63. The average molecular weight is 328 g/mol. The Morgan fingerprint density at radius 1 is 1.37 bits per heavy atom. The fourth-order valence-corrected chi connectivity index (χ4v) is 2.54. The van der Waals surface area contributed by atoms with Gasteiger partial charge in [-0.25, -0.2) is 4.79 Å². The monoisotopic (exact) mass is 327 g/mol. The first-order chi connectivity index (χ1) is 8.97. The van der Waals surface area contributed by atoms with Crippen molar-refractivity contribution < 1.29 is 19.4 Å². The van der Waals surface area contributed by atoms with Crippen LogP contribution in [0.1, 0.15) is 18.4 Å². The van der Waals surface area contributed by atoms with Crippen LogP contribution in [-0.2, 0) is 14.3 Å². The molecule has 1 aliphatic rings. The van der Waals surface area contributed by atoms with Crippen molar-refractivity contribution >= 4 is 33.5 Å². The van der Waals surface area contributed by atoms with E-state index in [1.54, 1.807) is 6.07 Å². The van der Waals surface area contributed by atoms with E-state index < -0.39 is 18.2 Å². The van der Waals surface area contributed by atoms with Gasteiger partial charge in [0.25, 0.3) is 5.91 Å². The van der Waals surface area contributed by atoms with E-state index in [0.29, 0.717) is 18.5 Å². The van der Waals surface area contributed by atoms with Crippen molar-refractivity contribution in [3.05, 3.63) is 28.2 Å². The molecule has 6 heteroatoms. The summed E-state index contributed by atoms with van der Waals surface area (Å²) in [7, 11) is 0. The number of carbonyl (C=O) groups excluding carboxylic acids is 1. The topological polar surface area (TPSA) is 75.6 Å². The van der Waals surface area contributed by atoms with Crippen molar-refractivity contribution in [1.29, 1.82) is 0 Å². The highest BCUT2D eigenvalue weighted by Gasteiger charge is 2.34. The Labute approximate surface area is 119 Å². The summed E-state index contributed by atoms with van der Waals surface area (Å²) in [6.07, 6.45) is -0.791. The number of amides is 1. The number of aryl methyl sites for hydroxylation is 1. The number of aliphatic carboxylic acids is 1. The Morgan fingerprint density at radius 2 is 2.05 bits per heavy atom. The lowest BCUT2D eigenvalue weighted by Gasteiger charge is -2.13. The highest BCUT2D eigenvalue weighted by molar-refractivity contribution is 9.10. The minimum Gasteiger partial charge on any atom is -0.479 e. The summed E-state index contributed by atoms with van der Waals surface area (Å²) in [5.74, 6) is -1.33. The summed E-state index contributed by atoms with van der Waals surface area (Å²) in [5.41, 5.74) is 1.73.